The van der Waals surface area contributed by atoms with Crippen LogP contribution in [-0.2, 0) is 11.3 Å². The molecule has 0 fully saturated rings. The molecule has 0 aromatic heterocycles. The first-order chi connectivity index (χ1) is 13.2. The van der Waals surface area contributed by atoms with E-state index in [9.17, 15) is 4.79 Å². The molecular weight excluding hydrogens is 354 g/mol. The van der Waals surface area contributed by atoms with Gasteiger partial charge in [-0.25, -0.2) is 0 Å². The molecule has 0 aliphatic carbocycles. The zero-order chi connectivity index (χ0) is 19.1. The van der Waals surface area contributed by atoms with E-state index < -0.39 is 0 Å². The van der Waals surface area contributed by atoms with Crippen molar-refractivity contribution < 1.29 is 9.53 Å². The van der Waals surface area contributed by atoms with Gasteiger partial charge in [-0.3, -0.25) is 4.79 Å². The summed E-state index contributed by atoms with van der Waals surface area (Å²) in [7, 11) is 3.51. The predicted molar refractivity (Wildman–Crippen MR) is 113 cm³/mol. The van der Waals surface area contributed by atoms with E-state index in [1.165, 1.54) is 15.7 Å². The third-order valence-electron chi connectivity index (χ3n) is 4.55. The first kappa shape index (κ1) is 19.3. The molecule has 0 saturated heterocycles. The van der Waals surface area contributed by atoms with Gasteiger partial charge in [0.25, 0.3) is 0 Å². The number of thioether (sulfide) groups is 1. The fourth-order valence-corrected chi connectivity index (χ4v) is 3.94. The number of rotatable bonds is 8. The minimum Gasteiger partial charge on any atom is -0.496 e. The molecule has 3 aromatic carbocycles. The summed E-state index contributed by atoms with van der Waals surface area (Å²) >= 11 is 1.81. The predicted octanol–water partition coefficient (Wildman–Crippen LogP) is 5.38. The van der Waals surface area contributed by atoms with Crippen molar-refractivity contribution in [2.75, 3.05) is 19.9 Å². The number of amides is 1. The van der Waals surface area contributed by atoms with Crippen molar-refractivity contribution in [2.24, 2.45) is 0 Å². The van der Waals surface area contributed by atoms with Crippen molar-refractivity contribution in [3.8, 4) is 5.75 Å². The molecule has 0 bridgehead atoms. The summed E-state index contributed by atoms with van der Waals surface area (Å²) in [5.74, 6) is 1.93. The number of hydrogen-bond acceptors (Lipinski definition) is 3. The zero-order valence-electron chi connectivity index (χ0n) is 15.9. The molecule has 27 heavy (non-hydrogen) atoms. The molecular formula is C23H25NO2S. The third-order valence-corrected chi connectivity index (χ3v) is 5.63. The Labute approximate surface area is 165 Å². The second kappa shape index (κ2) is 9.47. The first-order valence-corrected chi connectivity index (χ1v) is 10.1. The number of carbonyl (C=O) groups excluding carboxylic acids is 1. The van der Waals surface area contributed by atoms with E-state index in [1.54, 1.807) is 12.0 Å². The molecule has 0 radical (unpaired) electrons. The zero-order valence-corrected chi connectivity index (χ0v) is 16.7. The number of benzene rings is 3. The number of hydrogen-bond donors (Lipinski definition) is 0. The highest BCUT2D eigenvalue weighted by atomic mass is 32.2. The maximum atomic E-state index is 12.4. The van der Waals surface area contributed by atoms with Gasteiger partial charge >= 0.3 is 0 Å². The van der Waals surface area contributed by atoms with Crippen molar-refractivity contribution in [1.82, 2.24) is 4.90 Å². The minimum atomic E-state index is 0.167. The van der Waals surface area contributed by atoms with Gasteiger partial charge in [0.05, 0.1) is 7.11 Å². The van der Waals surface area contributed by atoms with Crippen LogP contribution in [0.15, 0.2) is 71.6 Å². The van der Waals surface area contributed by atoms with E-state index in [1.807, 2.05) is 43.1 Å². The van der Waals surface area contributed by atoms with Crippen LogP contribution in [0.5, 0.6) is 5.75 Å². The number of carbonyl (C=O) groups is 1. The Balaban J connectivity index is 1.45. The first-order valence-electron chi connectivity index (χ1n) is 9.15. The lowest BCUT2D eigenvalue weighted by molar-refractivity contribution is -0.130. The Morgan fingerprint density at radius 1 is 1.00 bits per heavy atom. The van der Waals surface area contributed by atoms with E-state index in [2.05, 4.69) is 42.5 Å². The standard InChI is InChI=1S/C23H25NO2S/c1-24(17-20-10-5-6-11-22(20)26-2)23(25)12-7-15-27-21-14-13-18-8-3-4-9-19(18)16-21/h3-6,8-11,13-14,16H,7,12,15,17H2,1-2H3. The molecule has 140 valence electrons. The van der Waals surface area contributed by atoms with Crippen molar-refractivity contribution >= 4 is 28.4 Å². The smallest absolute Gasteiger partial charge is 0.222 e. The molecule has 0 aliphatic heterocycles. The molecule has 0 unspecified atom stereocenters. The lowest BCUT2D eigenvalue weighted by atomic mass is 10.1. The Morgan fingerprint density at radius 3 is 2.56 bits per heavy atom. The van der Waals surface area contributed by atoms with E-state index in [-0.39, 0.29) is 5.91 Å². The topological polar surface area (TPSA) is 29.5 Å². The summed E-state index contributed by atoms with van der Waals surface area (Å²) in [5.41, 5.74) is 1.03. The van der Waals surface area contributed by atoms with Crippen LogP contribution in [0.3, 0.4) is 0 Å². The lowest BCUT2D eigenvalue weighted by Crippen LogP contribution is -2.26. The van der Waals surface area contributed by atoms with Gasteiger partial charge in [-0.05, 0) is 41.1 Å². The molecule has 0 spiro atoms. The maximum absolute atomic E-state index is 12.4. The SMILES string of the molecule is COc1ccccc1CN(C)C(=O)CCCSc1ccc2ccccc2c1. The summed E-state index contributed by atoms with van der Waals surface area (Å²) < 4.78 is 5.36. The monoisotopic (exact) mass is 379 g/mol. The average molecular weight is 380 g/mol. The average Bonchev–Trinajstić information content (AvgIpc) is 2.71. The van der Waals surface area contributed by atoms with Crippen LogP contribution >= 0.6 is 11.8 Å². The fraction of sp³-hybridized carbons (Fsp3) is 0.261. The minimum absolute atomic E-state index is 0.167. The number of para-hydroxylation sites is 1. The normalized spacial score (nSPS) is 10.7. The van der Waals surface area contributed by atoms with Crippen molar-refractivity contribution in [1.29, 1.82) is 0 Å². The molecule has 3 rings (SSSR count). The van der Waals surface area contributed by atoms with E-state index in [0.717, 1.165) is 23.5 Å². The van der Waals surface area contributed by atoms with Gasteiger partial charge in [-0.1, -0.05) is 48.5 Å². The van der Waals surface area contributed by atoms with Crippen molar-refractivity contribution in [3.63, 3.8) is 0 Å². The van der Waals surface area contributed by atoms with E-state index in [4.69, 9.17) is 4.74 Å². The van der Waals surface area contributed by atoms with Gasteiger partial charge in [0.2, 0.25) is 5.91 Å². The Kier molecular flexibility index (Phi) is 6.77. The van der Waals surface area contributed by atoms with Crippen LogP contribution in [0, 0.1) is 0 Å². The maximum Gasteiger partial charge on any atom is 0.222 e. The van der Waals surface area contributed by atoms with E-state index in [0.29, 0.717) is 13.0 Å². The van der Waals surface area contributed by atoms with Gasteiger partial charge < -0.3 is 9.64 Å². The van der Waals surface area contributed by atoms with Gasteiger partial charge in [0, 0.05) is 30.5 Å². The van der Waals surface area contributed by atoms with E-state index >= 15 is 0 Å². The van der Waals surface area contributed by atoms with Gasteiger partial charge in [-0.2, -0.15) is 0 Å². The molecule has 4 heteroatoms. The Morgan fingerprint density at radius 2 is 1.74 bits per heavy atom. The summed E-state index contributed by atoms with van der Waals surface area (Å²) in [5, 5.41) is 2.52. The molecule has 3 nitrogen and oxygen atoms in total. The van der Waals surface area contributed by atoms with Crippen LogP contribution in [0.4, 0.5) is 0 Å². The molecule has 0 atom stereocenters. The second-order valence-corrected chi connectivity index (χ2v) is 7.69. The van der Waals surface area contributed by atoms with Gasteiger partial charge in [-0.15, -0.1) is 11.8 Å². The number of fused-ring (bicyclic) bond motifs is 1. The summed E-state index contributed by atoms with van der Waals surface area (Å²) in [6.07, 6.45) is 1.43. The van der Waals surface area contributed by atoms with Crippen LogP contribution in [0.25, 0.3) is 10.8 Å². The van der Waals surface area contributed by atoms with Crippen LogP contribution in [-0.4, -0.2) is 30.7 Å². The van der Waals surface area contributed by atoms with Crippen LogP contribution in [0.2, 0.25) is 0 Å². The molecule has 0 aliphatic rings. The summed E-state index contributed by atoms with van der Waals surface area (Å²) in [6, 6.07) is 22.7. The number of ether oxygens (including phenoxy) is 1. The molecule has 3 aromatic rings. The van der Waals surface area contributed by atoms with Gasteiger partial charge in [0.1, 0.15) is 5.75 Å². The molecule has 0 saturated carbocycles. The summed E-state index contributed by atoms with van der Waals surface area (Å²) in [6.45, 7) is 0.570. The van der Waals surface area contributed by atoms with Crippen LogP contribution < -0.4 is 4.74 Å². The second-order valence-electron chi connectivity index (χ2n) is 6.52. The number of nitrogens with zero attached hydrogens (tertiary/aromatic N) is 1. The van der Waals surface area contributed by atoms with Crippen molar-refractivity contribution in [2.45, 2.75) is 24.3 Å². The molecule has 1 amide bonds. The van der Waals surface area contributed by atoms with Crippen molar-refractivity contribution in [3.05, 3.63) is 72.3 Å². The Hall–Kier alpha value is -2.46. The van der Waals surface area contributed by atoms with Gasteiger partial charge in [0.15, 0.2) is 0 Å². The third kappa shape index (κ3) is 5.27. The highest BCUT2D eigenvalue weighted by Crippen LogP contribution is 2.24. The number of methoxy groups -OCH3 is 1. The highest BCUT2D eigenvalue weighted by Gasteiger charge is 2.11. The summed E-state index contributed by atoms with van der Waals surface area (Å²) in [4.78, 5) is 15.4. The largest absolute Gasteiger partial charge is 0.496 e. The quantitative estimate of drug-likeness (QED) is 0.389. The molecule has 0 N–H and O–H groups in total. The fourth-order valence-electron chi connectivity index (χ4n) is 3.04. The molecule has 0 heterocycles. The lowest BCUT2D eigenvalue weighted by Gasteiger charge is -2.18. The van der Waals surface area contributed by atoms with Crippen LogP contribution in [0.1, 0.15) is 18.4 Å². The highest BCUT2D eigenvalue weighted by molar-refractivity contribution is 7.99. The Bertz CT molecular complexity index is 910.